The lowest BCUT2D eigenvalue weighted by Gasteiger charge is -2.26. The quantitative estimate of drug-likeness (QED) is 0.278. The molecule has 1 aliphatic heterocycles. The molecule has 10 nitrogen and oxygen atoms in total. The van der Waals surface area contributed by atoms with Crippen LogP contribution in [0.25, 0.3) is 10.9 Å². The standard InChI is InChI=1S/C26H31ClN4O6S2/c1-17(2)8-9-31-25(33)20-6-4-18(27)14-21(20)29-26(31)38-16-24(32)28-22-15-19(5-7-23(22)36-3)39(34,35)30-10-12-37-13-11-30/h4-7,14-15,17H,8-13,16H2,1-3H3,(H,28,32). The van der Waals surface area contributed by atoms with E-state index >= 15 is 0 Å². The summed E-state index contributed by atoms with van der Waals surface area (Å²) in [6.45, 7) is 5.77. The van der Waals surface area contributed by atoms with Gasteiger partial charge in [0.25, 0.3) is 5.56 Å². The summed E-state index contributed by atoms with van der Waals surface area (Å²) >= 11 is 7.25. The molecular weight excluding hydrogens is 564 g/mol. The molecule has 3 aromatic rings. The molecule has 13 heteroatoms. The van der Waals surface area contributed by atoms with Gasteiger partial charge >= 0.3 is 0 Å². The monoisotopic (exact) mass is 594 g/mol. The molecule has 1 aromatic heterocycles. The van der Waals surface area contributed by atoms with Crippen LogP contribution in [-0.4, -0.2) is 67.3 Å². The number of carbonyl (C=O) groups is 1. The van der Waals surface area contributed by atoms with Crippen molar-refractivity contribution in [3.05, 3.63) is 51.8 Å². The number of aromatic nitrogens is 2. The topological polar surface area (TPSA) is 120 Å². The summed E-state index contributed by atoms with van der Waals surface area (Å²) in [7, 11) is -2.33. The fraction of sp³-hybridized carbons (Fsp3) is 0.423. The van der Waals surface area contributed by atoms with E-state index in [2.05, 4.69) is 24.1 Å². The highest BCUT2D eigenvalue weighted by atomic mass is 35.5. The molecule has 39 heavy (non-hydrogen) atoms. The van der Waals surface area contributed by atoms with Gasteiger partial charge in [0.15, 0.2) is 5.16 Å². The summed E-state index contributed by atoms with van der Waals surface area (Å²) in [6, 6.07) is 9.28. The highest BCUT2D eigenvalue weighted by molar-refractivity contribution is 7.99. The molecule has 1 amide bonds. The molecule has 0 bridgehead atoms. The Balaban J connectivity index is 1.56. The maximum absolute atomic E-state index is 13.2. The average molecular weight is 595 g/mol. The lowest BCUT2D eigenvalue weighted by Crippen LogP contribution is -2.40. The number of fused-ring (bicyclic) bond motifs is 1. The van der Waals surface area contributed by atoms with E-state index in [1.54, 1.807) is 22.8 Å². The van der Waals surface area contributed by atoms with Crippen molar-refractivity contribution < 1.29 is 22.7 Å². The van der Waals surface area contributed by atoms with Gasteiger partial charge in [0.2, 0.25) is 15.9 Å². The number of rotatable bonds is 10. The molecule has 1 N–H and O–H groups in total. The summed E-state index contributed by atoms with van der Waals surface area (Å²) in [5.74, 6) is 0.216. The van der Waals surface area contributed by atoms with Crippen LogP contribution in [0, 0.1) is 5.92 Å². The Bertz CT molecular complexity index is 1520. The zero-order chi connectivity index (χ0) is 28.2. The van der Waals surface area contributed by atoms with E-state index in [4.69, 9.17) is 21.1 Å². The number of morpholine rings is 1. The number of methoxy groups -OCH3 is 1. The summed E-state index contributed by atoms with van der Waals surface area (Å²) in [5.41, 5.74) is 0.495. The molecular formula is C26H31ClN4O6S2. The minimum Gasteiger partial charge on any atom is -0.495 e. The highest BCUT2D eigenvalue weighted by Crippen LogP contribution is 2.30. The average Bonchev–Trinajstić information content (AvgIpc) is 2.91. The van der Waals surface area contributed by atoms with Crippen molar-refractivity contribution in [2.24, 2.45) is 5.92 Å². The van der Waals surface area contributed by atoms with Gasteiger partial charge in [-0.25, -0.2) is 13.4 Å². The largest absolute Gasteiger partial charge is 0.495 e. The number of ether oxygens (including phenoxy) is 2. The van der Waals surface area contributed by atoms with Gasteiger partial charge in [-0.05, 0) is 48.7 Å². The van der Waals surface area contributed by atoms with Gasteiger partial charge in [-0.1, -0.05) is 37.2 Å². The van der Waals surface area contributed by atoms with Gasteiger partial charge in [-0.3, -0.25) is 14.2 Å². The molecule has 210 valence electrons. The maximum atomic E-state index is 13.2. The van der Waals surface area contributed by atoms with Crippen LogP contribution in [0.1, 0.15) is 20.3 Å². The summed E-state index contributed by atoms with van der Waals surface area (Å²) in [4.78, 5) is 30.9. The van der Waals surface area contributed by atoms with E-state index in [-0.39, 0.29) is 35.0 Å². The molecule has 0 aliphatic carbocycles. The third-order valence-electron chi connectivity index (χ3n) is 6.20. The molecule has 1 fully saturated rings. The fourth-order valence-electron chi connectivity index (χ4n) is 4.07. The lowest BCUT2D eigenvalue weighted by molar-refractivity contribution is -0.113. The van der Waals surface area contributed by atoms with E-state index in [1.807, 2.05) is 0 Å². The van der Waals surface area contributed by atoms with Gasteiger partial charge in [-0.15, -0.1) is 0 Å². The number of halogens is 1. The van der Waals surface area contributed by atoms with Crippen molar-refractivity contribution in [3.8, 4) is 5.75 Å². The van der Waals surface area contributed by atoms with Crippen LogP contribution >= 0.6 is 23.4 Å². The van der Waals surface area contributed by atoms with Gasteiger partial charge in [-0.2, -0.15) is 4.31 Å². The molecule has 4 rings (SSSR count). The number of hydrogen-bond acceptors (Lipinski definition) is 8. The molecule has 0 unspecified atom stereocenters. The number of hydrogen-bond donors (Lipinski definition) is 1. The maximum Gasteiger partial charge on any atom is 0.262 e. The van der Waals surface area contributed by atoms with E-state index in [9.17, 15) is 18.0 Å². The van der Waals surface area contributed by atoms with E-state index in [1.165, 1.54) is 29.6 Å². The van der Waals surface area contributed by atoms with Crippen LogP contribution in [0.2, 0.25) is 5.02 Å². The van der Waals surface area contributed by atoms with Crippen LogP contribution in [-0.2, 0) is 26.1 Å². The molecule has 1 saturated heterocycles. The smallest absolute Gasteiger partial charge is 0.262 e. The Kier molecular flexibility index (Phi) is 9.55. The van der Waals surface area contributed by atoms with E-state index in [0.29, 0.717) is 52.5 Å². The predicted octanol–water partition coefficient (Wildman–Crippen LogP) is 3.86. The van der Waals surface area contributed by atoms with Gasteiger partial charge in [0.1, 0.15) is 5.75 Å². The number of sulfonamides is 1. The summed E-state index contributed by atoms with van der Waals surface area (Å²) < 4.78 is 39.8. The predicted molar refractivity (Wildman–Crippen MR) is 152 cm³/mol. The fourth-order valence-corrected chi connectivity index (χ4v) is 6.49. The summed E-state index contributed by atoms with van der Waals surface area (Å²) in [6.07, 6.45) is 0.766. The zero-order valence-corrected chi connectivity index (χ0v) is 24.4. The van der Waals surface area contributed by atoms with Crippen molar-refractivity contribution in [1.82, 2.24) is 13.9 Å². The van der Waals surface area contributed by atoms with E-state index in [0.717, 1.165) is 18.2 Å². The molecule has 2 aromatic carbocycles. The molecule has 1 aliphatic rings. The Morgan fingerprint density at radius 2 is 1.95 bits per heavy atom. The number of nitrogens with one attached hydrogen (secondary N) is 1. The molecule has 0 spiro atoms. The molecule has 0 saturated carbocycles. The molecule has 0 radical (unpaired) electrons. The van der Waals surface area contributed by atoms with Crippen LogP contribution in [0.15, 0.2) is 51.2 Å². The van der Waals surface area contributed by atoms with Crippen molar-refractivity contribution in [3.63, 3.8) is 0 Å². The van der Waals surface area contributed by atoms with Gasteiger partial charge in [0, 0.05) is 24.7 Å². The number of amides is 1. The Labute approximate surface area is 236 Å². The molecule has 0 atom stereocenters. The minimum atomic E-state index is -3.77. The minimum absolute atomic E-state index is 0.0451. The first-order valence-electron chi connectivity index (χ1n) is 12.5. The third kappa shape index (κ3) is 6.93. The number of thioether (sulfide) groups is 1. The normalized spacial score (nSPS) is 14.6. The first-order chi connectivity index (χ1) is 18.6. The number of anilines is 1. The van der Waals surface area contributed by atoms with Gasteiger partial charge in [0.05, 0.1) is 47.6 Å². The Hall–Kier alpha value is -2.64. The van der Waals surface area contributed by atoms with Crippen LogP contribution in [0.5, 0.6) is 5.75 Å². The third-order valence-corrected chi connectivity index (χ3v) is 9.30. The van der Waals surface area contributed by atoms with Crippen molar-refractivity contribution in [2.45, 2.75) is 36.9 Å². The van der Waals surface area contributed by atoms with Crippen molar-refractivity contribution >= 4 is 55.9 Å². The van der Waals surface area contributed by atoms with Gasteiger partial charge < -0.3 is 14.8 Å². The van der Waals surface area contributed by atoms with Crippen LogP contribution in [0.3, 0.4) is 0 Å². The highest BCUT2D eigenvalue weighted by Gasteiger charge is 2.27. The first-order valence-corrected chi connectivity index (χ1v) is 15.3. The Morgan fingerprint density at radius 3 is 2.64 bits per heavy atom. The number of carbonyl (C=O) groups excluding carboxylic acids is 1. The number of benzene rings is 2. The van der Waals surface area contributed by atoms with Crippen LogP contribution < -0.4 is 15.6 Å². The zero-order valence-electron chi connectivity index (χ0n) is 22.0. The lowest BCUT2D eigenvalue weighted by atomic mass is 10.1. The summed E-state index contributed by atoms with van der Waals surface area (Å²) in [5, 5.41) is 4.07. The second-order valence-corrected chi connectivity index (χ2v) is 12.7. The second-order valence-electron chi connectivity index (χ2n) is 9.41. The van der Waals surface area contributed by atoms with E-state index < -0.39 is 15.9 Å². The Morgan fingerprint density at radius 1 is 1.21 bits per heavy atom. The van der Waals surface area contributed by atoms with Crippen molar-refractivity contribution in [2.75, 3.05) is 44.5 Å². The van der Waals surface area contributed by atoms with Crippen LogP contribution in [0.4, 0.5) is 5.69 Å². The second kappa shape index (κ2) is 12.7. The SMILES string of the molecule is COc1ccc(S(=O)(=O)N2CCOCC2)cc1NC(=O)CSc1nc2cc(Cl)ccc2c(=O)n1CCC(C)C. The molecule has 2 heterocycles. The van der Waals surface area contributed by atoms with Crippen molar-refractivity contribution in [1.29, 1.82) is 0 Å². The first kappa shape index (κ1) is 29.3. The number of nitrogens with zero attached hydrogens (tertiary/aromatic N) is 3.